The van der Waals surface area contributed by atoms with E-state index in [1.165, 1.54) is 6.42 Å². The SMILES string of the molecule is CCCNC(C)CCc1nc(CCN(CC)CC)no1. The summed E-state index contributed by atoms with van der Waals surface area (Å²) in [6.45, 7) is 12.9. The zero-order valence-electron chi connectivity index (χ0n) is 13.5. The minimum Gasteiger partial charge on any atom is -0.339 e. The Bertz CT molecular complexity index is 349. The Morgan fingerprint density at radius 2 is 1.95 bits per heavy atom. The first-order valence-corrected chi connectivity index (χ1v) is 7.96. The molecule has 116 valence electrons. The third-order valence-corrected chi connectivity index (χ3v) is 3.59. The van der Waals surface area contributed by atoms with E-state index < -0.39 is 0 Å². The minimum atomic E-state index is 0.501. The Balaban J connectivity index is 2.28. The number of likely N-dealkylation sites (N-methyl/N-ethyl adjacent to an activating group) is 1. The van der Waals surface area contributed by atoms with Crippen LogP contribution in [-0.4, -0.2) is 47.3 Å². The molecular formula is C15H30N4O. The Hall–Kier alpha value is -0.940. The summed E-state index contributed by atoms with van der Waals surface area (Å²) in [7, 11) is 0. The first-order chi connectivity index (χ1) is 9.69. The molecule has 1 rings (SSSR count). The van der Waals surface area contributed by atoms with Crippen LogP contribution < -0.4 is 5.32 Å². The summed E-state index contributed by atoms with van der Waals surface area (Å²) < 4.78 is 5.31. The van der Waals surface area contributed by atoms with E-state index in [1.807, 2.05) is 0 Å². The van der Waals surface area contributed by atoms with Crippen molar-refractivity contribution in [2.24, 2.45) is 0 Å². The number of nitrogens with one attached hydrogen (secondary N) is 1. The third-order valence-electron chi connectivity index (χ3n) is 3.59. The normalized spacial score (nSPS) is 13.1. The van der Waals surface area contributed by atoms with Crippen LogP contribution in [0.5, 0.6) is 0 Å². The van der Waals surface area contributed by atoms with Crippen molar-refractivity contribution < 1.29 is 4.52 Å². The molecule has 1 aromatic heterocycles. The lowest BCUT2D eigenvalue weighted by molar-refractivity contribution is 0.302. The maximum atomic E-state index is 5.31. The monoisotopic (exact) mass is 282 g/mol. The van der Waals surface area contributed by atoms with Gasteiger partial charge in [-0.05, 0) is 39.4 Å². The number of aromatic nitrogens is 2. The highest BCUT2D eigenvalue weighted by Gasteiger charge is 2.09. The molecule has 1 unspecified atom stereocenters. The third kappa shape index (κ3) is 6.48. The number of hydrogen-bond acceptors (Lipinski definition) is 5. The van der Waals surface area contributed by atoms with Crippen molar-refractivity contribution in [3.05, 3.63) is 11.7 Å². The summed E-state index contributed by atoms with van der Waals surface area (Å²) in [5, 5.41) is 7.53. The van der Waals surface area contributed by atoms with Crippen LogP contribution in [0.25, 0.3) is 0 Å². The van der Waals surface area contributed by atoms with Crippen molar-refractivity contribution in [3.8, 4) is 0 Å². The van der Waals surface area contributed by atoms with Crippen LogP contribution in [0.3, 0.4) is 0 Å². The fourth-order valence-corrected chi connectivity index (χ4v) is 2.12. The van der Waals surface area contributed by atoms with Gasteiger partial charge in [-0.2, -0.15) is 4.98 Å². The molecule has 5 heteroatoms. The van der Waals surface area contributed by atoms with Crippen LogP contribution in [0.2, 0.25) is 0 Å². The van der Waals surface area contributed by atoms with Crippen LogP contribution in [0.4, 0.5) is 0 Å². The minimum absolute atomic E-state index is 0.501. The summed E-state index contributed by atoms with van der Waals surface area (Å²) in [4.78, 5) is 6.84. The standard InChI is InChI=1S/C15H30N4O/c1-5-11-16-13(4)8-9-15-17-14(18-20-15)10-12-19(6-2)7-3/h13,16H,5-12H2,1-4H3. The number of nitrogens with zero attached hydrogens (tertiary/aromatic N) is 3. The Kier molecular flexibility index (Phi) is 8.46. The number of hydrogen-bond donors (Lipinski definition) is 1. The van der Waals surface area contributed by atoms with Gasteiger partial charge in [0.15, 0.2) is 5.82 Å². The van der Waals surface area contributed by atoms with Crippen molar-refractivity contribution in [1.82, 2.24) is 20.4 Å². The molecular weight excluding hydrogens is 252 g/mol. The van der Waals surface area contributed by atoms with Gasteiger partial charge in [0.1, 0.15) is 0 Å². The number of aryl methyl sites for hydroxylation is 1. The summed E-state index contributed by atoms with van der Waals surface area (Å²) in [5.41, 5.74) is 0. The van der Waals surface area contributed by atoms with E-state index in [2.05, 4.69) is 48.1 Å². The molecule has 1 aromatic rings. The Morgan fingerprint density at radius 3 is 2.60 bits per heavy atom. The molecule has 1 N–H and O–H groups in total. The highest BCUT2D eigenvalue weighted by atomic mass is 16.5. The molecule has 0 aliphatic rings. The fourth-order valence-electron chi connectivity index (χ4n) is 2.12. The molecule has 0 saturated carbocycles. The quantitative estimate of drug-likeness (QED) is 0.675. The first-order valence-electron chi connectivity index (χ1n) is 7.96. The number of rotatable bonds is 11. The molecule has 0 saturated heterocycles. The summed E-state index contributed by atoms with van der Waals surface area (Å²) >= 11 is 0. The Labute approximate surface area is 123 Å². The maximum Gasteiger partial charge on any atom is 0.226 e. The molecule has 0 aliphatic heterocycles. The lowest BCUT2D eigenvalue weighted by atomic mass is 10.2. The molecule has 5 nitrogen and oxygen atoms in total. The van der Waals surface area contributed by atoms with Crippen LogP contribution in [0.1, 0.15) is 52.3 Å². The molecule has 1 heterocycles. The van der Waals surface area contributed by atoms with Gasteiger partial charge in [-0.1, -0.05) is 25.9 Å². The molecule has 1 atom stereocenters. The molecule has 0 spiro atoms. The van der Waals surface area contributed by atoms with Gasteiger partial charge in [0.05, 0.1) is 0 Å². The average molecular weight is 282 g/mol. The molecule has 0 amide bonds. The zero-order chi connectivity index (χ0) is 14.8. The van der Waals surface area contributed by atoms with E-state index >= 15 is 0 Å². The summed E-state index contributed by atoms with van der Waals surface area (Å²) in [6.07, 6.45) is 3.93. The summed E-state index contributed by atoms with van der Waals surface area (Å²) in [6, 6.07) is 0.501. The van der Waals surface area contributed by atoms with Crippen molar-refractivity contribution in [3.63, 3.8) is 0 Å². The second-order valence-corrected chi connectivity index (χ2v) is 5.28. The molecule has 0 radical (unpaired) electrons. The molecule has 20 heavy (non-hydrogen) atoms. The van der Waals surface area contributed by atoms with Crippen molar-refractivity contribution in [2.45, 2.75) is 59.4 Å². The second kappa shape index (κ2) is 9.88. The molecule has 0 fully saturated rings. The largest absolute Gasteiger partial charge is 0.339 e. The predicted molar refractivity (Wildman–Crippen MR) is 81.9 cm³/mol. The van der Waals surface area contributed by atoms with E-state index in [4.69, 9.17) is 4.52 Å². The van der Waals surface area contributed by atoms with E-state index in [1.54, 1.807) is 0 Å². The van der Waals surface area contributed by atoms with E-state index in [0.717, 1.165) is 57.2 Å². The molecule has 0 aliphatic carbocycles. The first kappa shape index (κ1) is 17.1. The van der Waals surface area contributed by atoms with Crippen LogP contribution >= 0.6 is 0 Å². The van der Waals surface area contributed by atoms with Crippen LogP contribution in [0, 0.1) is 0 Å². The van der Waals surface area contributed by atoms with Gasteiger partial charge in [-0.25, -0.2) is 0 Å². The topological polar surface area (TPSA) is 54.2 Å². The van der Waals surface area contributed by atoms with Crippen LogP contribution in [0.15, 0.2) is 4.52 Å². The van der Waals surface area contributed by atoms with Gasteiger partial charge >= 0.3 is 0 Å². The van der Waals surface area contributed by atoms with Crippen molar-refractivity contribution in [2.75, 3.05) is 26.2 Å². The smallest absolute Gasteiger partial charge is 0.226 e. The van der Waals surface area contributed by atoms with Crippen LogP contribution in [-0.2, 0) is 12.8 Å². The van der Waals surface area contributed by atoms with Gasteiger partial charge in [-0.15, -0.1) is 0 Å². The van der Waals surface area contributed by atoms with E-state index in [9.17, 15) is 0 Å². The summed E-state index contributed by atoms with van der Waals surface area (Å²) in [5.74, 6) is 1.60. The second-order valence-electron chi connectivity index (χ2n) is 5.28. The van der Waals surface area contributed by atoms with Gasteiger partial charge in [0.2, 0.25) is 5.89 Å². The van der Waals surface area contributed by atoms with Crippen molar-refractivity contribution in [1.29, 1.82) is 0 Å². The highest BCUT2D eigenvalue weighted by molar-refractivity contribution is 4.88. The van der Waals surface area contributed by atoms with Gasteiger partial charge in [0, 0.05) is 25.4 Å². The lowest BCUT2D eigenvalue weighted by Gasteiger charge is -2.16. The van der Waals surface area contributed by atoms with Crippen molar-refractivity contribution >= 4 is 0 Å². The van der Waals surface area contributed by atoms with Gasteiger partial charge in [-0.3, -0.25) is 0 Å². The molecule has 0 aromatic carbocycles. The Morgan fingerprint density at radius 1 is 1.20 bits per heavy atom. The average Bonchev–Trinajstić information content (AvgIpc) is 2.92. The van der Waals surface area contributed by atoms with E-state index in [0.29, 0.717) is 6.04 Å². The highest BCUT2D eigenvalue weighted by Crippen LogP contribution is 2.05. The predicted octanol–water partition coefficient (Wildman–Crippen LogP) is 2.27. The zero-order valence-corrected chi connectivity index (χ0v) is 13.5. The molecule has 0 bridgehead atoms. The van der Waals surface area contributed by atoms with E-state index in [-0.39, 0.29) is 0 Å². The van der Waals surface area contributed by atoms with Gasteiger partial charge < -0.3 is 14.7 Å². The van der Waals surface area contributed by atoms with Gasteiger partial charge in [0.25, 0.3) is 0 Å². The maximum absolute atomic E-state index is 5.31. The fraction of sp³-hybridized carbons (Fsp3) is 0.867. The lowest BCUT2D eigenvalue weighted by Crippen LogP contribution is -2.27.